The fourth-order valence-corrected chi connectivity index (χ4v) is 2.41. The highest BCUT2D eigenvalue weighted by molar-refractivity contribution is 5.94. The molecule has 6 nitrogen and oxygen atoms in total. The molecule has 0 bridgehead atoms. The van der Waals surface area contributed by atoms with Crippen molar-refractivity contribution in [3.63, 3.8) is 0 Å². The second-order valence-corrected chi connectivity index (χ2v) is 6.65. The molecule has 7 heteroatoms. The van der Waals surface area contributed by atoms with Gasteiger partial charge in [0.05, 0.1) is 11.6 Å². The van der Waals surface area contributed by atoms with Crippen molar-refractivity contribution in [1.29, 1.82) is 0 Å². The fourth-order valence-electron chi connectivity index (χ4n) is 2.41. The van der Waals surface area contributed by atoms with Crippen LogP contribution in [-0.4, -0.2) is 58.6 Å². The molecule has 1 aliphatic rings. The average molecular weight is 323 g/mol. The normalized spacial score (nSPS) is 18.0. The highest BCUT2D eigenvalue weighted by Crippen LogP contribution is 2.19. The van der Waals surface area contributed by atoms with Crippen LogP contribution in [0, 0.1) is 5.95 Å². The van der Waals surface area contributed by atoms with Gasteiger partial charge in [-0.1, -0.05) is 0 Å². The zero-order valence-corrected chi connectivity index (χ0v) is 13.9. The van der Waals surface area contributed by atoms with Crippen molar-refractivity contribution in [3.05, 3.63) is 29.8 Å². The van der Waals surface area contributed by atoms with Crippen molar-refractivity contribution in [1.82, 2.24) is 14.8 Å². The summed E-state index contributed by atoms with van der Waals surface area (Å²) in [5.74, 6) is -0.830. The van der Waals surface area contributed by atoms with Gasteiger partial charge in [-0.05, 0) is 39.3 Å². The number of rotatable bonds is 2. The maximum atomic E-state index is 12.8. The molecule has 0 saturated carbocycles. The van der Waals surface area contributed by atoms with Crippen molar-refractivity contribution >= 4 is 12.0 Å². The average Bonchev–Trinajstić information content (AvgIpc) is 2.94. The lowest BCUT2D eigenvalue weighted by atomic mass is 10.2. The van der Waals surface area contributed by atoms with Gasteiger partial charge in [-0.3, -0.25) is 4.79 Å². The molecule has 0 N–H and O–H groups in total. The number of carbonyl (C=O) groups excluding carboxylic acids is 2. The first-order valence-corrected chi connectivity index (χ1v) is 7.54. The smallest absolute Gasteiger partial charge is 0.410 e. The molecule has 0 spiro atoms. The monoisotopic (exact) mass is 323 g/mol. The summed E-state index contributed by atoms with van der Waals surface area (Å²) in [6, 6.07) is 2.48. The topological polar surface area (TPSA) is 62.7 Å². The van der Waals surface area contributed by atoms with Crippen LogP contribution in [0.1, 0.15) is 37.6 Å². The molecule has 1 saturated heterocycles. The molecule has 1 atom stereocenters. The van der Waals surface area contributed by atoms with Crippen molar-refractivity contribution in [2.24, 2.45) is 0 Å². The second-order valence-electron chi connectivity index (χ2n) is 6.65. The lowest BCUT2D eigenvalue weighted by molar-refractivity contribution is 0.0226. The van der Waals surface area contributed by atoms with E-state index >= 15 is 0 Å². The predicted molar refractivity (Wildman–Crippen MR) is 82.5 cm³/mol. The number of amides is 2. The van der Waals surface area contributed by atoms with E-state index < -0.39 is 17.6 Å². The lowest BCUT2D eigenvalue weighted by Crippen LogP contribution is -2.42. The molecule has 126 valence electrons. The summed E-state index contributed by atoms with van der Waals surface area (Å²) in [4.78, 5) is 31.1. The first-order chi connectivity index (χ1) is 10.7. The molecule has 1 aliphatic heterocycles. The van der Waals surface area contributed by atoms with E-state index in [1.165, 1.54) is 17.2 Å². The van der Waals surface area contributed by atoms with Crippen LogP contribution >= 0.6 is 0 Å². The zero-order chi connectivity index (χ0) is 17.2. The molecular weight excluding hydrogens is 301 g/mol. The molecule has 2 amide bonds. The molecule has 23 heavy (non-hydrogen) atoms. The Bertz CT molecular complexity index is 583. The Morgan fingerprint density at radius 3 is 2.65 bits per heavy atom. The predicted octanol–water partition coefficient (Wildman–Crippen LogP) is 2.30. The molecule has 1 fully saturated rings. The minimum absolute atomic E-state index is 0.0952. The number of pyridine rings is 1. The van der Waals surface area contributed by atoms with E-state index in [-0.39, 0.29) is 11.9 Å². The van der Waals surface area contributed by atoms with E-state index in [9.17, 15) is 14.0 Å². The molecule has 1 aromatic heterocycles. The molecule has 2 heterocycles. The summed E-state index contributed by atoms with van der Waals surface area (Å²) in [5.41, 5.74) is -0.217. The zero-order valence-electron chi connectivity index (χ0n) is 13.9. The summed E-state index contributed by atoms with van der Waals surface area (Å²) in [7, 11) is 1.67. The van der Waals surface area contributed by atoms with E-state index in [4.69, 9.17) is 4.74 Å². The van der Waals surface area contributed by atoms with Crippen LogP contribution < -0.4 is 0 Å². The van der Waals surface area contributed by atoms with Gasteiger partial charge in [0.1, 0.15) is 5.60 Å². The van der Waals surface area contributed by atoms with Crippen LogP contribution in [-0.2, 0) is 4.74 Å². The first-order valence-electron chi connectivity index (χ1n) is 7.54. The van der Waals surface area contributed by atoms with Gasteiger partial charge in [0.2, 0.25) is 5.95 Å². The standard InChI is InChI=1S/C16H22FN3O3/c1-16(2,3)23-15(22)19(4)12-7-8-20(10-12)14(21)11-5-6-13(17)18-9-11/h5-6,9,12H,7-8,10H2,1-4H3/t12-/m0/s1. The quantitative estimate of drug-likeness (QED) is 0.784. The molecule has 0 aromatic carbocycles. The molecular formula is C16H22FN3O3. The van der Waals surface area contributed by atoms with Crippen molar-refractivity contribution in [2.75, 3.05) is 20.1 Å². The highest BCUT2D eigenvalue weighted by Gasteiger charge is 2.33. The number of likely N-dealkylation sites (tertiary alicyclic amines) is 1. The third-order valence-electron chi connectivity index (χ3n) is 3.65. The van der Waals surface area contributed by atoms with Crippen LogP contribution in [0.3, 0.4) is 0 Å². The number of halogens is 1. The maximum absolute atomic E-state index is 12.8. The highest BCUT2D eigenvalue weighted by atomic mass is 19.1. The van der Waals surface area contributed by atoms with Gasteiger partial charge in [-0.25, -0.2) is 9.78 Å². The summed E-state index contributed by atoms with van der Waals surface area (Å²) >= 11 is 0. The van der Waals surface area contributed by atoms with Crippen LogP contribution in [0.25, 0.3) is 0 Å². The number of hydrogen-bond acceptors (Lipinski definition) is 4. The molecule has 0 radical (unpaired) electrons. The van der Waals surface area contributed by atoms with Crippen molar-refractivity contribution in [2.45, 2.75) is 38.8 Å². The Morgan fingerprint density at radius 1 is 1.39 bits per heavy atom. The largest absolute Gasteiger partial charge is 0.444 e. The Balaban J connectivity index is 1.96. The Hall–Kier alpha value is -2.18. The molecule has 0 unspecified atom stereocenters. The number of ether oxygens (including phenoxy) is 1. The SMILES string of the molecule is CN(C(=O)OC(C)(C)C)[C@H]1CCN(C(=O)c2ccc(F)nc2)C1. The van der Waals surface area contributed by atoms with Gasteiger partial charge in [-0.15, -0.1) is 0 Å². The van der Waals surface area contributed by atoms with Crippen LogP contribution in [0.2, 0.25) is 0 Å². The van der Waals surface area contributed by atoms with E-state index in [2.05, 4.69) is 4.98 Å². The van der Waals surface area contributed by atoms with Gasteiger partial charge >= 0.3 is 6.09 Å². The number of hydrogen-bond donors (Lipinski definition) is 0. The van der Waals surface area contributed by atoms with Gasteiger partial charge in [0, 0.05) is 26.3 Å². The van der Waals surface area contributed by atoms with Gasteiger partial charge < -0.3 is 14.5 Å². The minimum atomic E-state index is -0.620. The number of nitrogens with zero attached hydrogens (tertiary/aromatic N) is 3. The summed E-state index contributed by atoms with van der Waals surface area (Å²) in [6.45, 7) is 6.39. The first kappa shape index (κ1) is 17.2. The van der Waals surface area contributed by atoms with Gasteiger partial charge in [-0.2, -0.15) is 4.39 Å². The van der Waals surface area contributed by atoms with E-state index in [1.54, 1.807) is 11.9 Å². The van der Waals surface area contributed by atoms with Crippen LogP contribution in [0.4, 0.5) is 9.18 Å². The Morgan fingerprint density at radius 2 is 2.09 bits per heavy atom. The van der Waals surface area contributed by atoms with Crippen molar-refractivity contribution in [3.8, 4) is 0 Å². The van der Waals surface area contributed by atoms with E-state index in [0.29, 0.717) is 25.1 Å². The minimum Gasteiger partial charge on any atom is -0.444 e. The van der Waals surface area contributed by atoms with Crippen LogP contribution in [0.5, 0.6) is 0 Å². The lowest BCUT2D eigenvalue weighted by Gasteiger charge is -2.28. The Labute approximate surface area is 135 Å². The third kappa shape index (κ3) is 4.40. The third-order valence-corrected chi connectivity index (χ3v) is 3.65. The Kier molecular flexibility index (Phi) is 4.87. The molecule has 2 rings (SSSR count). The maximum Gasteiger partial charge on any atom is 0.410 e. The second kappa shape index (κ2) is 6.52. The summed E-state index contributed by atoms with van der Waals surface area (Å²) < 4.78 is 18.2. The van der Waals surface area contributed by atoms with E-state index in [1.807, 2.05) is 20.8 Å². The molecule has 0 aliphatic carbocycles. The number of aromatic nitrogens is 1. The summed E-state index contributed by atoms with van der Waals surface area (Å²) in [6.07, 6.45) is 1.50. The summed E-state index contributed by atoms with van der Waals surface area (Å²) in [5, 5.41) is 0. The number of carbonyl (C=O) groups is 2. The fraction of sp³-hybridized carbons (Fsp3) is 0.562. The van der Waals surface area contributed by atoms with E-state index in [0.717, 1.165) is 6.07 Å². The van der Waals surface area contributed by atoms with Gasteiger partial charge in [0.15, 0.2) is 0 Å². The van der Waals surface area contributed by atoms with Gasteiger partial charge in [0.25, 0.3) is 5.91 Å². The van der Waals surface area contributed by atoms with Crippen molar-refractivity contribution < 1.29 is 18.7 Å². The number of likely N-dealkylation sites (N-methyl/N-ethyl adjacent to an activating group) is 1. The molecule has 1 aromatic rings. The van der Waals surface area contributed by atoms with Crippen LogP contribution in [0.15, 0.2) is 18.3 Å².